The Morgan fingerprint density at radius 2 is 2.03 bits per heavy atom. The summed E-state index contributed by atoms with van der Waals surface area (Å²) in [7, 11) is 1.56. The lowest BCUT2D eigenvalue weighted by Crippen LogP contribution is -2.30. The minimum Gasteiger partial charge on any atom is -0.491 e. The number of fused-ring (bicyclic) bond motifs is 1. The fourth-order valence-electron chi connectivity index (χ4n) is 2.91. The van der Waals surface area contributed by atoms with Gasteiger partial charge in [0.25, 0.3) is 5.56 Å². The lowest BCUT2D eigenvalue weighted by molar-refractivity contribution is 0.0910. The summed E-state index contributed by atoms with van der Waals surface area (Å²) >= 11 is 1.51. The van der Waals surface area contributed by atoms with Gasteiger partial charge in [0.15, 0.2) is 16.3 Å². The first-order chi connectivity index (χ1) is 13.8. The third-order valence-corrected chi connectivity index (χ3v) is 6.03. The lowest BCUT2D eigenvalue weighted by Gasteiger charge is -2.17. The van der Waals surface area contributed by atoms with Crippen LogP contribution in [0, 0.1) is 6.92 Å². The van der Waals surface area contributed by atoms with Gasteiger partial charge in [0.2, 0.25) is 0 Å². The van der Waals surface area contributed by atoms with Crippen molar-refractivity contribution in [3.8, 4) is 5.75 Å². The molecule has 0 spiro atoms. The molecule has 0 amide bonds. The number of nitrogens with one attached hydrogen (secondary N) is 1. The van der Waals surface area contributed by atoms with E-state index in [1.54, 1.807) is 11.6 Å². The van der Waals surface area contributed by atoms with Gasteiger partial charge in [-0.05, 0) is 25.0 Å². The second-order valence-corrected chi connectivity index (χ2v) is 8.47. The van der Waals surface area contributed by atoms with Crippen molar-refractivity contribution < 1.29 is 9.84 Å². The van der Waals surface area contributed by atoms with Gasteiger partial charge < -0.3 is 14.4 Å². The molecular weight excluding hydrogens is 392 g/mol. The minimum absolute atomic E-state index is 0.0711. The van der Waals surface area contributed by atoms with Gasteiger partial charge in [-0.15, -0.1) is 0 Å². The smallest absolute Gasteiger partial charge is 0.329 e. The van der Waals surface area contributed by atoms with Gasteiger partial charge in [-0.25, -0.2) is 9.78 Å². The second-order valence-electron chi connectivity index (χ2n) is 7.06. The molecule has 29 heavy (non-hydrogen) atoms. The van der Waals surface area contributed by atoms with Crippen LogP contribution in [0.3, 0.4) is 0 Å². The predicted molar refractivity (Wildman–Crippen MR) is 114 cm³/mol. The molecule has 2 atom stereocenters. The average Bonchev–Trinajstić information content (AvgIpc) is 3.04. The van der Waals surface area contributed by atoms with Crippen LogP contribution < -0.4 is 16.0 Å². The SMILES string of the molecule is CC[C@@H](C)Sc1nc2c(c(=O)[nH]c(=O)n2C)n1C[C@@H](O)COc1ccccc1C. The number of hydrogen-bond acceptors (Lipinski definition) is 6. The fraction of sp³-hybridized carbons (Fsp3) is 0.450. The zero-order valence-corrected chi connectivity index (χ0v) is 17.8. The van der Waals surface area contributed by atoms with E-state index >= 15 is 0 Å². The van der Waals surface area contributed by atoms with Gasteiger partial charge in [0.1, 0.15) is 18.5 Å². The maximum Gasteiger partial charge on any atom is 0.329 e. The Kier molecular flexibility index (Phi) is 6.49. The van der Waals surface area contributed by atoms with Crippen molar-refractivity contribution in [2.24, 2.45) is 7.05 Å². The summed E-state index contributed by atoms with van der Waals surface area (Å²) in [6, 6.07) is 7.58. The summed E-state index contributed by atoms with van der Waals surface area (Å²) in [6.07, 6.45) is 0.0576. The van der Waals surface area contributed by atoms with Crippen molar-refractivity contribution in [2.45, 2.75) is 50.2 Å². The van der Waals surface area contributed by atoms with Crippen molar-refractivity contribution in [2.75, 3.05) is 6.61 Å². The molecule has 3 aromatic rings. The highest BCUT2D eigenvalue weighted by Crippen LogP contribution is 2.27. The number of benzene rings is 1. The van der Waals surface area contributed by atoms with Crippen LogP contribution in [0.4, 0.5) is 0 Å². The molecule has 9 heteroatoms. The van der Waals surface area contributed by atoms with Crippen molar-refractivity contribution in [3.63, 3.8) is 0 Å². The van der Waals surface area contributed by atoms with Crippen LogP contribution in [-0.2, 0) is 13.6 Å². The molecule has 1 aromatic carbocycles. The molecule has 0 bridgehead atoms. The second kappa shape index (κ2) is 8.87. The Hall–Kier alpha value is -2.52. The number of ether oxygens (including phenoxy) is 1. The number of aryl methyl sites for hydroxylation is 2. The minimum atomic E-state index is -0.861. The Bertz CT molecular complexity index is 1120. The number of nitrogens with zero attached hydrogens (tertiary/aromatic N) is 3. The largest absolute Gasteiger partial charge is 0.491 e. The molecule has 0 radical (unpaired) electrons. The van der Waals surface area contributed by atoms with E-state index in [0.29, 0.717) is 16.6 Å². The highest BCUT2D eigenvalue weighted by molar-refractivity contribution is 7.99. The quantitative estimate of drug-likeness (QED) is 0.543. The van der Waals surface area contributed by atoms with E-state index in [1.165, 1.54) is 16.3 Å². The van der Waals surface area contributed by atoms with Gasteiger partial charge in [0, 0.05) is 12.3 Å². The normalized spacial score (nSPS) is 13.6. The van der Waals surface area contributed by atoms with Crippen LogP contribution in [0.2, 0.25) is 0 Å². The number of aliphatic hydroxyl groups excluding tert-OH is 1. The van der Waals surface area contributed by atoms with Gasteiger partial charge in [-0.1, -0.05) is 43.8 Å². The first kappa shape index (κ1) is 21.2. The molecule has 0 fully saturated rings. The molecule has 156 valence electrons. The summed E-state index contributed by atoms with van der Waals surface area (Å²) in [5, 5.41) is 11.5. The van der Waals surface area contributed by atoms with Crippen LogP contribution in [0.1, 0.15) is 25.8 Å². The van der Waals surface area contributed by atoms with E-state index in [4.69, 9.17) is 4.74 Å². The van der Waals surface area contributed by atoms with Crippen LogP contribution >= 0.6 is 11.8 Å². The van der Waals surface area contributed by atoms with E-state index in [1.807, 2.05) is 31.2 Å². The third-order valence-electron chi connectivity index (χ3n) is 4.77. The molecule has 0 aliphatic rings. The van der Waals surface area contributed by atoms with Crippen molar-refractivity contribution in [1.29, 1.82) is 0 Å². The van der Waals surface area contributed by atoms with Crippen LogP contribution in [-0.4, -0.2) is 42.2 Å². The molecule has 0 aliphatic carbocycles. The summed E-state index contributed by atoms with van der Waals surface area (Å²) < 4.78 is 8.73. The summed E-state index contributed by atoms with van der Waals surface area (Å²) in [6.45, 7) is 6.27. The molecule has 0 aliphatic heterocycles. The maximum absolute atomic E-state index is 12.5. The molecule has 0 saturated heterocycles. The van der Waals surface area contributed by atoms with E-state index in [-0.39, 0.29) is 23.9 Å². The predicted octanol–water partition coefficient (Wildman–Crippen LogP) is 2.06. The first-order valence-corrected chi connectivity index (χ1v) is 10.4. The van der Waals surface area contributed by atoms with E-state index in [0.717, 1.165) is 12.0 Å². The number of thioether (sulfide) groups is 1. The van der Waals surface area contributed by atoms with Gasteiger partial charge >= 0.3 is 5.69 Å². The third kappa shape index (κ3) is 4.56. The van der Waals surface area contributed by atoms with E-state index in [9.17, 15) is 14.7 Å². The molecule has 8 nitrogen and oxygen atoms in total. The molecular formula is C20H26N4O4S. The monoisotopic (exact) mass is 418 g/mol. The number of rotatable bonds is 8. The summed E-state index contributed by atoms with van der Waals surface area (Å²) in [5.41, 5.74) is 0.519. The van der Waals surface area contributed by atoms with Gasteiger partial charge in [-0.3, -0.25) is 14.3 Å². The molecule has 0 saturated carbocycles. The van der Waals surface area contributed by atoms with Crippen LogP contribution in [0.25, 0.3) is 11.2 Å². The lowest BCUT2D eigenvalue weighted by atomic mass is 10.2. The van der Waals surface area contributed by atoms with Gasteiger partial charge in [0.05, 0.1) is 6.54 Å². The zero-order valence-electron chi connectivity index (χ0n) is 17.0. The first-order valence-electron chi connectivity index (χ1n) is 9.54. The highest BCUT2D eigenvalue weighted by atomic mass is 32.2. The maximum atomic E-state index is 12.5. The summed E-state index contributed by atoms with van der Waals surface area (Å²) in [5.74, 6) is 0.705. The average molecular weight is 419 g/mol. The number of hydrogen-bond donors (Lipinski definition) is 2. The number of imidazole rings is 1. The molecule has 2 heterocycles. The van der Waals surface area contributed by atoms with Crippen molar-refractivity contribution in [3.05, 3.63) is 50.7 Å². The number of aliphatic hydroxyl groups is 1. The van der Waals surface area contributed by atoms with Crippen molar-refractivity contribution in [1.82, 2.24) is 19.1 Å². The van der Waals surface area contributed by atoms with Crippen LogP contribution in [0.15, 0.2) is 39.0 Å². The van der Waals surface area contributed by atoms with E-state index < -0.39 is 17.4 Å². The molecule has 2 aromatic heterocycles. The van der Waals surface area contributed by atoms with E-state index in [2.05, 4.69) is 23.8 Å². The Labute approximate surface area is 172 Å². The number of aromatic amines is 1. The van der Waals surface area contributed by atoms with Crippen LogP contribution in [0.5, 0.6) is 5.75 Å². The Morgan fingerprint density at radius 3 is 2.72 bits per heavy atom. The number of para-hydroxylation sites is 1. The van der Waals surface area contributed by atoms with Crippen molar-refractivity contribution >= 4 is 22.9 Å². The molecule has 0 unspecified atom stereocenters. The fourth-order valence-corrected chi connectivity index (χ4v) is 3.86. The Balaban J connectivity index is 1.92. The van der Waals surface area contributed by atoms with Gasteiger partial charge in [-0.2, -0.15) is 0 Å². The summed E-state index contributed by atoms with van der Waals surface area (Å²) in [4.78, 5) is 31.3. The molecule has 3 rings (SSSR count). The standard InChI is InChI=1S/C20H26N4O4S/c1-5-13(3)29-20-21-17-16(18(26)22-19(27)23(17)4)24(20)10-14(25)11-28-15-9-7-6-8-12(15)2/h6-9,13-14,25H,5,10-11H2,1-4H3,(H,22,26,27)/t13-,14-/m1/s1. The Morgan fingerprint density at radius 1 is 1.31 bits per heavy atom. The number of aromatic nitrogens is 4. The zero-order chi connectivity index (χ0) is 21.1. The molecule has 2 N–H and O–H groups in total. The number of H-pyrrole nitrogens is 1. The highest BCUT2D eigenvalue weighted by Gasteiger charge is 2.21. The topological polar surface area (TPSA) is 102 Å².